The topological polar surface area (TPSA) is 30.5 Å². The molecule has 0 heterocycles. The number of hydrogen-bond donors (Lipinski definition) is 1. The average Bonchev–Trinajstić information content (AvgIpc) is 2.56. The molecule has 2 rings (SSSR count). The van der Waals surface area contributed by atoms with E-state index < -0.39 is 0 Å². The van der Waals surface area contributed by atoms with Crippen LogP contribution in [0, 0.1) is 0 Å². The molecule has 0 spiro atoms. The van der Waals surface area contributed by atoms with Crippen LogP contribution in [0.5, 0.6) is 11.5 Å². The summed E-state index contributed by atoms with van der Waals surface area (Å²) in [6.07, 6.45) is 12.2. The quantitative estimate of drug-likeness (QED) is 0.620. The highest BCUT2D eigenvalue weighted by Crippen LogP contribution is 2.33. The molecule has 3 nitrogen and oxygen atoms in total. The molecule has 0 aromatic heterocycles. The molecular formula is C21H34ClNO2. The zero-order chi connectivity index (χ0) is 17.2. The molecule has 4 heteroatoms. The third kappa shape index (κ3) is 6.91. The Balaban J connectivity index is 0.00000312. The molecule has 142 valence electrons. The second-order valence-electron chi connectivity index (χ2n) is 6.64. The summed E-state index contributed by atoms with van der Waals surface area (Å²) >= 11 is 0. The fourth-order valence-electron chi connectivity index (χ4n) is 3.51. The van der Waals surface area contributed by atoms with Gasteiger partial charge in [0.2, 0.25) is 0 Å². The number of halogens is 1. The van der Waals surface area contributed by atoms with Gasteiger partial charge in [-0.2, -0.15) is 0 Å². The van der Waals surface area contributed by atoms with E-state index in [2.05, 4.69) is 24.0 Å². The highest BCUT2D eigenvalue weighted by molar-refractivity contribution is 5.85. The van der Waals surface area contributed by atoms with Gasteiger partial charge in [-0.1, -0.05) is 44.2 Å². The lowest BCUT2D eigenvalue weighted by atomic mass is 9.96. The minimum atomic E-state index is 0. The van der Waals surface area contributed by atoms with Crippen LogP contribution in [0.25, 0.3) is 0 Å². The molecule has 1 saturated carbocycles. The molecule has 0 unspecified atom stereocenters. The zero-order valence-electron chi connectivity index (χ0n) is 15.8. The molecule has 0 amide bonds. The summed E-state index contributed by atoms with van der Waals surface area (Å²) in [7, 11) is 1.71. The number of allylic oxidation sites excluding steroid dienone is 1. The van der Waals surface area contributed by atoms with E-state index in [0.717, 1.165) is 30.0 Å². The molecule has 0 aliphatic heterocycles. The van der Waals surface area contributed by atoms with E-state index in [1.807, 2.05) is 13.0 Å². The van der Waals surface area contributed by atoms with Crippen molar-refractivity contribution < 1.29 is 9.47 Å². The monoisotopic (exact) mass is 367 g/mol. The SMILES string of the molecule is C=CCc1cc(CNC2CCCCCCC2)cc(OC)c1OCC.Cl. The molecule has 0 radical (unpaired) electrons. The van der Waals surface area contributed by atoms with Crippen molar-refractivity contribution >= 4 is 12.4 Å². The Hall–Kier alpha value is -1.19. The van der Waals surface area contributed by atoms with Crippen LogP contribution in [0.2, 0.25) is 0 Å². The second kappa shape index (κ2) is 12.2. The molecule has 1 aromatic rings. The number of methoxy groups -OCH3 is 1. The van der Waals surface area contributed by atoms with Crippen molar-refractivity contribution in [3.63, 3.8) is 0 Å². The highest BCUT2D eigenvalue weighted by atomic mass is 35.5. The van der Waals surface area contributed by atoms with Gasteiger partial charge in [-0.25, -0.2) is 0 Å². The summed E-state index contributed by atoms with van der Waals surface area (Å²) in [5.74, 6) is 1.68. The van der Waals surface area contributed by atoms with Crippen molar-refractivity contribution in [2.75, 3.05) is 13.7 Å². The van der Waals surface area contributed by atoms with Gasteiger partial charge < -0.3 is 14.8 Å². The Bertz CT molecular complexity index is 511. The summed E-state index contributed by atoms with van der Waals surface area (Å²) in [6.45, 7) is 7.40. The third-order valence-corrected chi connectivity index (χ3v) is 4.76. The van der Waals surface area contributed by atoms with Crippen LogP contribution in [0.4, 0.5) is 0 Å². The standard InChI is InChI=1S/C21H33NO2.ClH/c1-4-11-18-14-17(15-20(23-3)21(18)24-5-2)16-22-19-12-9-7-6-8-10-13-19;/h4,14-15,19,22H,1,5-13,16H2,2-3H3;1H. The Morgan fingerprint density at radius 2 is 1.84 bits per heavy atom. The van der Waals surface area contributed by atoms with Gasteiger partial charge in [0.25, 0.3) is 0 Å². The number of ether oxygens (including phenoxy) is 2. The van der Waals surface area contributed by atoms with Gasteiger partial charge in [-0.05, 0) is 37.8 Å². The number of rotatable bonds is 8. The van der Waals surface area contributed by atoms with Crippen molar-refractivity contribution in [3.05, 3.63) is 35.9 Å². The highest BCUT2D eigenvalue weighted by Gasteiger charge is 2.14. The first kappa shape index (κ1) is 21.9. The van der Waals surface area contributed by atoms with Crippen LogP contribution in [-0.4, -0.2) is 19.8 Å². The van der Waals surface area contributed by atoms with E-state index in [9.17, 15) is 0 Å². The van der Waals surface area contributed by atoms with Crippen molar-refractivity contribution in [1.29, 1.82) is 0 Å². The molecule has 1 aromatic carbocycles. The average molecular weight is 368 g/mol. The predicted octanol–water partition coefficient (Wildman–Crippen LogP) is 5.45. The molecule has 25 heavy (non-hydrogen) atoms. The Labute approximate surface area is 159 Å². The molecule has 1 N–H and O–H groups in total. The van der Waals surface area contributed by atoms with Gasteiger partial charge in [0.15, 0.2) is 11.5 Å². The largest absolute Gasteiger partial charge is 0.493 e. The summed E-state index contributed by atoms with van der Waals surface area (Å²) in [5.41, 5.74) is 2.41. The maximum Gasteiger partial charge on any atom is 0.164 e. The van der Waals surface area contributed by atoms with Gasteiger partial charge in [-0.3, -0.25) is 0 Å². The second-order valence-corrected chi connectivity index (χ2v) is 6.64. The van der Waals surface area contributed by atoms with Crippen molar-refractivity contribution in [1.82, 2.24) is 5.32 Å². The molecule has 1 aliphatic carbocycles. The lowest BCUT2D eigenvalue weighted by Gasteiger charge is -2.22. The van der Waals surface area contributed by atoms with E-state index in [4.69, 9.17) is 9.47 Å². The van der Waals surface area contributed by atoms with E-state index in [-0.39, 0.29) is 12.4 Å². The Morgan fingerprint density at radius 3 is 2.44 bits per heavy atom. The lowest BCUT2D eigenvalue weighted by Crippen LogP contribution is -2.29. The lowest BCUT2D eigenvalue weighted by molar-refractivity contribution is 0.307. The van der Waals surface area contributed by atoms with Crippen molar-refractivity contribution in [2.24, 2.45) is 0 Å². The van der Waals surface area contributed by atoms with E-state index in [1.165, 1.54) is 50.5 Å². The Kier molecular flexibility index (Phi) is 10.7. The van der Waals surface area contributed by atoms with Gasteiger partial charge >= 0.3 is 0 Å². The van der Waals surface area contributed by atoms with Crippen molar-refractivity contribution in [2.45, 2.75) is 70.9 Å². The van der Waals surface area contributed by atoms with E-state index >= 15 is 0 Å². The van der Waals surface area contributed by atoms with Crippen LogP contribution >= 0.6 is 12.4 Å². The number of benzene rings is 1. The Morgan fingerprint density at radius 1 is 1.16 bits per heavy atom. The van der Waals surface area contributed by atoms with Gasteiger partial charge in [0.05, 0.1) is 13.7 Å². The molecule has 0 atom stereocenters. The van der Waals surface area contributed by atoms with Crippen LogP contribution < -0.4 is 14.8 Å². The normalized spacial score (nSPS) is 15.6. The van der Waals surface area contributed by atoms with Gasteiger partial charge in [-0.15, -0.1) is 19.0 Å². The van der Waals surface area contributed by atoms with E-state index in [1.54, 1.807) is 7.11 Å². The predicted molar refractivity (Wildman–Crippen MR) is 108 cm³/mol. The molecular weight excluding hydrogens is 334 g/mol. The molecule has 1 aliphatic rings. The molecule has 1 fully saturated rings. The van der Waals surface area contributed by atoms with Crippen LogP contribution in [0.3, 0.4) is 0 Å². The molecule has 0 bridgehead atoms. The molecule has 0 saturated heterocycles. The van der Waals surface area contributed by atoms with Crippen LogP contribution in [0.1, 0.15) is 63.0 Å². The maximum atomic E-state index is 5.80. The first-order chi connectivity index (χ1) is 11.8. The van der Waals surface area contributed by atoms with E-state index in [0.29, 0.717) is 12.6 Å². The first-order valence-corrected chi connectivity index (χ1v) is 9.45. The fraction of sp³-hybridized carbons (Fsp3) is 0.619. The van der Waals surface area contributed by atoms with Gasteiger partial charge in [0, 0.05) is 18.2 Å². The maximum absolute atomic E-state index is 5.80. The van der Waals surface area contributed by atoms with Crippen LogP contribution in [-0.2, 0) is 13.0 Å². The zero-order valence-corrected chi connectivity index (χ0v) is 16.6. The number of nitrogens with one attached hydrogen (secondary N) is 1. The summed E-state index contributed by atoms with van der Waals surface area (Å²) in [6, 6.07) is 4.98. The first-order valence-electron chi connectivity index (χ1n) is 9.45. The van der Waals surface area contributed by atoms with Crippen molar-refractivity contribution in [3.8, 4) is 11.5 Å². The summed E-state index contributed by atoms with van der Waals surface area (Å²) < 4.78 is 11.4. The smallest absolute Gasteiger partial charge is 0.164 e. The summed E-state index contributed by atoms with van der Waals surface area (Å²) in [4.78, 5) is 0. The summed E-state index contributed by atoms with van der Waals surface area (Å²) in [5, 5.41) is 3.76. The fourth-order valence-corrected chi connectivity index (χ4v) is 3.51. The minimum Gasteiger partial charge on any atom is -0.493 e. The third-order valence-electron chi connectivity index (χ3n) is 4.76. The minimum absolute atomic E-state index is 0. The van der Waals surface area contributed by atoms with Crippen LogP contribution in [0.15, 0.2) is 24.8 Å². The number of hydrogen-bond acceptors (Lipinski definition) is 3. The van der Waals surface area contributed by atoms with Gasteiger partial charge in [0.1, 0.15) is 0 Å².